The summed E-state index contributed by atoms with van der Waals surface area (Å²) >= 11 is 0. The summed E-state index contributed by atoms with van der Waals surface area (Å²) in [5.41, 5.74) is 2.96. The van der Waals surface area contributed by atoms with E-state index < -0.39 is 0 Å². The van der Waals surface area contributed by atoms with Gasteiger partial charge in [0.15, 0.2) is 0 Å². The Bertz CT molecular complexity index is 489. The van der Waals surface area contributed by atoms with Gasteiger partial charge in [0.25, 0.3) is 0 Å². The first-order valence-corrected chi connectivity index (χ1v) is 5.17. The maximum absolute atomic E-state index is 4.39. The summed E-state index contributed by atoms with van der Waals surface area (Å²) in [5, 5.41) is 7.37. The van der Waals surface area contributed by atoms with E-state index in [2.05, 4.69) is 20.4 Å². The third kappa shape index (κ3) is 2.36. The molecule has 16 heavy (non-hydrogen) atoms. The third-order valence-corrected chi connectivity index (χ3v) is 2.29. The fourth-order valence-electron chi connectivity index (χ4n) is 1.45. The summed E-state index contributed by atoms with van der Waals surface area (Å²) in [6.45, 7) is 4.59. The van der Waals surface area contributed by atoms with Crippen LogP contribution in [0.2, 0.25) is 0 Å². The molecule has 0 aliphatic heterocycles. The average Bonchev–Trinajstić information content (AvgIpc) is 2.66. The van der Waals surface area contributed by atoms with Crippen molar-refractivity contribution in [3.63, 3.8) is 0 Å². The van der Waals surface area contributed by atoms with E-state index in [4.69, 9.17) is 0 Å². The number of aromatic nitrogens is 4. The molecular weight excluding hydrogens is 202 g/mol. The molecule has 0 unspecified atom stereocenters. The van der Waals surface area contributed by atoms with Crippen LogP contribution in [0.25, 0.3) is 0 Å². The summed E-state index contributed by atoms with van der Waals surface area (Å²) in [5.74, 6) is 0.837. The molecule has 0 aliphatic carbocycles. The molecule has 0 bridgehead atoms. The quantitative estimate of drug-likeness (QED) is 0.845. The molecule has 0 atom stereocenters. The van der Waals surface area contributed by atoms with Gasteiger partial charge in [-0.15, -0.1) is 0 Å². The number of hydrogen-bond donors (Lipinski definition) is 1. The predicted molar refractivity (Wildman–Crippen MR) is 62.0 cm³/mol. The Balaban J connectivity index is 2.07. The molecule has 5 heteroatoms. The molecule has 1 N–H and O–H groups in total. The van der Waals surface area contributed by atoms with Gasteiger partial charge in [0.05, 0.1) is 17.6 Å². The summed E-state index contributed by atoms with van der Waals surface area (Å²) in [4.78, 5) is 8.64. The molecule has 5 nitrogen and oxygen atoms in total. The van der Waals surface area contributed by atoms with Crippen molar-refractivity contribution in [1.82, 2.24) is 19.7 Å². The minimum absolute atomic E-state index is 0.715. The van der Waals surface area contributed by atoms with Gasteiger partial charge in [-0.2, -0.15) is 5.10 Å². The zero-order chi connectivity index (χ0) is 11.5. The fourth-order valence-corrected chi connectivity index (χ4v) is 1.45. The minimum Gasteiger partial charge on any atom is -0.364 e. The highest BCUT2D eigenvalue weighted by Gasteiger charge is 2.02. The highest BCUT2D eigenvalue weighted by atomic mass is 15.2. The summed E-state index contributed by atoms with van der Waals surface area (Å²) < 4.78 is 1.78. The van der Waals surface area contributed by atoms with Gasteiger partial charge in [0.1, 0.15) is 5.82 Å². The number of nitrogens with one attached hydrogen (secondary N) is 1. The lowest BCUT2D eigenvalue weighted by atomic mass is 10.3. The second kappa shape index (κ2) is 4.30. The van der Waals surface area contributed by atoms with Crippen molar-refractivity contribution in [2.24, 2.45) is 7.05 Å². The van der Waals surface area contributed by atoms with Crippen LogP contribution in [0, 0.1) is 13.8 Å². The van der Waals surface area contributed by atoms with E-state index in [0.29, 0.717) is 6.54 Å². The zero-order valence-electron chi connectivity index (χ0n) is 9.73. The standard InChI is InChI=1S/C11H15N5/c1-8-4-12-9(2)11(15-8)13-5-10-6-14-16(3)7-10/h4,6-7H,5H2,1-3H3,(H,13,15). The molecule has 2 heterocycles. The summed E-state index contributed by atoms with van der Waals surface area (Å²) in [6, 6.07) is 0. The van der Waals surface area contributed by atoms with Crippen molar-refractivity contribution >= 4 is 5.82 Å². The maximum atomic E-state index is 4.39. The second-order valence-electron chi connectivity index (χ2n) is 3.82. The van der Waals surface area contributed by atoms with Crippen LogP contribution in [0.3, 0.4) is 0 Å². The molecule has 0 saturated heterocycles. The van der Waals surface area contributed by atoms with Crippen LogP contribution < -0.4 is 5.32 Å². The third-order valence-electron chi connectivity index (χ3n) is 2.29. The first-order chi connectivity index (χ1) is 7.65. The molecule has 0 radical (unpaired) electrons. The normalized spacial score (nSPS) is 10.4. The van der Waals surface area contributed by atoms with Crippen LogP contribution in [-0.4, -0.2) is 19.7 Å². The molecule has 2 rings (SSSR count). The molecule has 2 aromatic rings. The van der Waals surface area contributed by atoms with E-state index in [1.54, 1.807) is 10.9 Å². The number of anilines is 1. The van der Waals surface area contributed by atoms with E-state index in [9.17, 15) is 0 Å². The van der Waals surface area contributed by atoms with Gasteiger partial charge >= 0.3 is 0 Å². The Kier molecular flexibility index (Phi) is 2.85. The smallest absolute Gasteiger partial charge is 0.148 e. The molecule has 0 fully saturated rings. The lowest BCUT2D eigenvalue weighted by molar-refractivity contribution is 0.767. The molecule has 0 aliphatic rings. The van der Waals surface area contributed by atoms with Crippen molar-refractivity contribution in [3.8, 4) is 0 Å². The summed E-state index contributed by atoms with van der Waals surface area (Å²) in [6.07, 6.45) is 5.59. The van der Waals surface area contributed by atoms with Crippen LogP contribution in [0.1, 0.15) is 17.0 Å². The van der Waals surface area contributed by atoms with E-state index in [0.717, 1.165) is 22.8 Å². The Labute approximate surface area is 94.5 Å². The minimum atomic E-state index is 0.715. The fraction of sp³-hybridized carbons (Fsp3) is 0.364. The van der Waals surface area contributed by atoms with Crippen LogP contribution >= 0.6 is 0 Å². The maximum Gasteiger partial charge on any atom is 0.148 e. The highest BCUT2D eigenvalue weighted by molar-refractivity contribution is 5.40. The van der Waals surface area contributed by atoms with Crippen LogP contribution in [-0.2, 0) is 13.6 Å². The molecule has 2 aromatic heterocycles. The Morgan fingerprint density at radius 2 is 2.12 bits per heavy atom. The largest absolute Gasteiger partial charge is 0.364 e. The summed E-state index contributed by atoms with van der Waals surface area (Å²) in [7, 11) is 1.90. The van der Waals surface area contributed by atoms with Crippen molar-refractivity contribution in [2.45, 2.75) is 20.4 Å². The first-order valence-electron chi connectivity index (χ1n) is 5.17. The second-order valence-corrected chi connectivity index (χ2v) is 3.82. The Morgan fingerprint density at radius 3 is 2.81 bits per heavy atom. The van der Waals surface area contributed by atoms with Gasteiger partial charge in [-0.25, -0.2) is 4.98 Å². The first kappa shape index (κ1) is 10.6. The van der Waals surface area contributed by atoms with Gasteiger partial charge in [-0.05, 0) is 13.8 Å². The molecule has 0 aromatic carbocycles. The van der Waals surface area contributed by atoms with Gasteiger partial charge in [-0.3, -0.25) is 9.67 Å². The van der Waals surface area contributed by atoms with Gasteiger partial charge in [-0.1, -0.05) is 0 Å². The number of rotatable bonds is 3. The molecule has 84 valence electrons. The van der Waals surface area contributed by atoms with Crippen molar-refractivity contribution < 1.29 is 0 Å². The van der Waals surface area contributed by atoms with Crippen molar-refractivity contribution in [3.05, 3.63) is 35.5 Å². The van der Waals surface area contributed by atoms with E-state index in [1.807, 2.05) is 33.3 Å². The molecule has 0 saturated carbocycles. The van der Waals surface area contributed by atoms with Gasteiger partial charge in [0, 0.05) is 31.5 Å². The zero-order valence-corrected chi connectivity index (χ0v) is 9.73. The molecule has 0 spiro atoms. The topological polar surface area (TPSA) is 55.6 Å². The van der Waals surface area contributed by atoms with Crippen LogP contribution in [0.5, 0.6) is 0 Å². The van der Waals surface area contributed by atoms with Crippen molar-refractivity contribution in [1.29, 1.82) is 0 Å². The van der Waals surface area contributed by atoms with Crippen LogP contribution in [0.4, 0.5) is 5.82 Å². The molecular formula is C11H15N5. The van der Waals surface area contributed by atoms with Crippen molar-refractivity contribution in [2.75, 3.05) is 5.32 Å². The van der Waals surface area contributed by atoms with Gasteiger partial charge in [0.2, 0.25) is 0 Å². The van der Waals surface area contributed by atoms with Crippen LogP contribution in [0.15, 0.2) is 18.6 Å². The molecule has 0 amide bonds. The predicted octanol–water partition coefficient (Wildman–Crippen LogP) is 1.44. The lowest BCUT2D eigenvalue weighted by Gasteiger charge is -2.06. The van der Waals surface area contributed by atoms with Gasteiger partial charge < -0.3 is 5.32 Å². The Morgan fingerprint density at radius 1 is 1.31 bits per heavy atom. The van der Waals surface area contributed by atoms with E-state index in [-0.39, 0.29) is 0 Å². The SMILES string of the molecule is Cc1cnc(C)c(NCc2cnn(C)c2)n1. The average molecular weight is 217 g/mol. The number of nitrogens with zero attached hydrogens (tertiary/aromatic N) is 4. The van der Waals surface area contributed by atoms with E-state index >= 15 is 0 Å². The highest BCUT2D eigenvalue weighted by Crippen LogP contribution is 2.10. The Hall–Kier alpha value is -1.91. The number of hydrogen-bond acceptors (Lipinski definition) is 4. The monoisotopic (exact) mass is 217 g/mol. The number of aryl methyl sites for hydroxylation is 3. The lowest BCUT2D eigenvalue weighted by Crippen LogP contribution is -2.04. The van der Waals surface area contributed by atoms with E-state index in [1.165, 1.54) is 0 Å².